The first-order valence-electron chi connectivity index (χ1n) is 7.00. The minimum absolute atomic E-state index is 0.152. The smallest absolute Gasteiger partial charge is 0.124 e. The molecule has 21 heavy (non-hydrogen) atoms. The van der Waals surface area contributed by atoms with Crippen LogP contribution in [0.5, 0.6) is 17.2 Å². The Morgan fingerprint density at radius 1 is 1.10 bits per heavy atom. The van der Waals surface area contributed by atoms with Gasteiger partial charge in [0.15, 0.2) is 0 Å². The van der Waals surface area contributed by atoms with Gasteiger partial charge in [-0.15, -0.1) is 0 Å². The first-order chi connectivity index (χ1) is 10.3. The molecule has 1 unspecified atom stereocenters. The topological polar surface area (TPSA) is 39.7 Å². The second-order valence-corrected chi connectivity index (χ2v) is 5.03. The molecule has 1 N–H and O–H groups in total. The fourth-order valence-corrected chi connectivity index (χ4v) is 2.51. The number of rotatable bonds is 5. The zero-order chi connectivity index (χ0) is 14.7. The van der Waals surface area contributed by atoms with Crippen LogP contribution in [0.3, 0.4) is 0 Å². The fourth-order valence-electron chi connectivity index (χ4n) is 2.51. The van der Waals surface area contributed by atoms with Crippen molar-refractivity contribution in [3.8, 4) is 17.2 Å². The minimum atomic E-state index is 0.152. The van der Waals surface area contributed by atoms with Gasteiger partial charge in [-0.2, -0.15) is 0 Å². The van der Waals surface area contributed by atoms with Crippen LogP contribution in [0.25, 0.3) is 0 Å². The number of para-hydroxylation sites is 1. The summed E-state index contributed by atoms with van der Waals surface area (Å²) in [5.74, 6) is 2.53. The van der Waals surface area contributed by atoms with E-state index in [1.54, 1.807) is 14.2 Å². The van der Waals surface area contributed by atoms with Gasteiger partial charge in [0.2, 0.25) is 0 Å². The van der Waals surface area contributed by atoms with Crippen molar-refractivity contribution < 1.29 is 14.2 Å². The summed E-state index contributed by atoms with van der Waals surface area (Å²) < 4.78 is 16.5. The average Bonchev–Trinajstić information content (AvgIpc) is 2.95. The number of ether oxygens (including phenoxy) is 3. The molecule has 4 heteroatoms. The molecule has 0 saturated carbocycles. The molecule has 1 heterocycles. The Labute approximate surface area is 124 Å². The summed E-state index contributed by atoms with van der Waals surface area (Å²) in [5, 5.41) is 3.39. The number of methoxy groups -OCH3 is 2. The van der Waals surface area contributed by atoms with E-state index in [2.05, 4.69) is 11.4 Å². The predicted octanol–water partition coefficient (Wildman–Crippen LogP) is 3.12. The van der Waals surface area contributed by atoms with E-state index < -0.39 is 0 Å². The molecule has 1 aliphatic heterocycles. The van der Waals surface area contributed by atoms with Crippen molar-refractivity contribution in [1.29, 1.82) is 0 Å². The molecule has 1 aliphatic rings. The monoisotopic (exact) mass is 285 g/mol. The van der Waals surface area contributed by atoms with Crippen LogP contribution in [0.4, 0.5) is 5.69 Å². The third kappa shape index (κ3) is 3.05. The maximum absolute atomic E-state index is 5.92. The Morgan fingerprint density at radius 3 is 2.48 bits per heavy atom. The highest BCUT2D eigenvalue weighted by Gasteiger charge is 2.21. The summed E-state index contributed by atoms with van der Waals surface area (Å²) in [7, 11) is 3.30. The van der Waals surface area contributed by atoms with E-state index >= 15 is 0 Å². The van der Waals surface area contributed by atoms with Crippen LogP contribution in [-0.2, 0) is 6.42 Å². The lowest BCUT2D eigenvalue weighted by atomic mass is 10.1. The Hall–Kier alpha value is -2.36. The molecule has 0 bridgehead atoms. The molecule has 0 radical (unpaired) electrons. The van der Waals surface area contributed by atoms with E-state index in [1.807, 2.05) is 36.4 Å². The van der Waals surface area contributed by atoms with Gasteiger partial charge in [-0.1, -0.05) is 18.2 Å². The van der Waals surface area contributed by atoms with Crippen molar-refractivity contribution in [2.75, 3.05) is 26.1 Å². The minimum Gasteiger partial charge on any atom is -0.497 e. The number of anilines is 1. The normalized spacial score (nSPS) is 16.0. The molecule has 0 amide bonds. The molecule has 4 nitrogen and oxygen atoms in total. The quantitative estimate of drug-likeness (QED) is 0.916. The standard InChI is InChI=1S/C17H19NO3/c1-19-14-8-13(9-15(10-14)20-2)18-11-16-7-12-5-3-4-6-17(12)21-16/h3-6,8-10,16,18H,7,11H2,1-2H3. The van der Waals surface area contributed by atoms with Crippen LogP contribution in [0.15, 0.2) is 42.5 Å². The molecule has 0 spiro atoms. The van der Waals surface area contributed by atoms with Crippen molar-refractivity contribution in [2.45, 2.75) is 12.5 Å². The summed E-state index contributed by atoms with van der Waals surface area (Å²) >= 11 is 0. The van der Waals surface area contributed by atoms with Gasteiger partial charge >= 0.3 is 0 Å². The zero-order valence-corrected chi connectivity index (χ0v) is 12.3. The Bertz CT molecular complexity index is 580. The van der Waals surface area contributed by atoms with Gasteiger partial charge in [0.1, 0.15) is 23.4 Å². The molecule has 110 valence electrons. The van der Waals surface area contributed by atoms with Crippen LogP contribution >= 0.6 is 0 Å². The van der Waals surface area contributed by atoms with Crippen LogP contribution < -0.4 is 19.5 Å². The lowest BCUT2D eigenvalue weighted by molar-refractivity contribution is 0.246. The molecule has 3 rings (SSSR count). The van der Waals surface area contributed by atoms with Gasteiger partial charge < -0.3 is 19.5 Å². The van der Waals surface area contributed by atoms with E-state index in [1.165, 1.54) is 5.56 Å². The van der Waals surface area contributed by atoms with Crippen LogP contribution in [0.1, 0.15) is 5.56 Å². The molecule has 2 aromatic carbocycles. The maximum Gasteiger partial charge on any atom is 0.124 e. The summed E-state index contributed by atoms with van der Waals surface area (Å²) in [6.45, 7) is 0.741. The van der Waals surface area contributed by atoms with Gasteiger partial charge in [-0.05, 0) is 11.6 Å². The first-order valence-corrected chi connectivity index (χ1v) is 7.00. The van der Waals surface area contributed by atoms with E-state index in [4.69, 9.17) is 14.2 Å². The van der Waals surface area contributed by atoms with E-state index in [9.17, 15) is 0 Å². The van der Waals surface area contributed by atoms with Crippen LogP contribution in [-0.4, -0.2) is 26.9 Å². The van der Waals surface area contributed by atoms with Crippen LogP contribution in [0, 0.1) is 0 Å². The number of fused-ring (bicyclic) bond motifs is 1. The van der Waals surface area contributed by atoms with Gasteiger partial charge in [0.25, 0.3) is 0 Å². The summed E-state index contributed by atoms with van der Waals surface area (Å²) in [6, 6.07) is 13.9. The van der Waals surface area contributed by atoms with E-state index in [0.29, 0.717) is 0 Å². The molecule has 1 atom stereocenters. The van der Waals surface area contributed by atoms with E-state index in [-0.39, 0.29) is 6.10 Å². The van der Waals surface area contributed by atoms with Crippen molar-refractivity contribution >= 4 is 5.69 Å². The van der Waals surface area contributed by atoms with Crippen molar-refractivity contribution in [3.05, 3.63) is 48.0 Å². The van der Waals surface area contributed by atoms with Gasteiger partial charge in [-0.25, -0.2) is 0 Å². The molecular formula is C17H19NO3. The maximum atomic E-state index is 5.92. The zero-order valence-electron chi connectivity index (χ0n) is 12.3. The number of benzene rings is 2. The lowest BCUT2D eigenvalue weighted by Gasteiger charge is -2.14. The van der Waals surface area contributed by atoms with Gasteiger partial charge in [0.05, 0.1) is 20.8 Å². The summed E-state index contributed by atoms with van der Waals surface area (Å²) in [6.07, 6.45) is 1.09. The number of hydrogen-bond acceptors (Lipinski definition) is 4. The molecule has 2 aromatic rings. The highest BCUT2D eigenvalue weighted by Crippen LogP contribution is 2.29. The van der Waals surface area contributed by atoms with E-state index in [0.717, 1.165) is 35.9 Å². The second kappa shape index (κ2) is 5.95. The Balaban J connectivity index is 1.64. The third-order valence-electron chi connectivity index (χ3n) is 3.60. The highest BCUT2D eigenvalue weighted by molar-refractivity contribution is 5.54. The van der Waals surface area contributed by atoms with Crippen LogP contribution in [0.2, 0.25) is 0 Å². The first kappa shape index (κ1) is 13.6. The average molecular weight is 285 g/mol. The van der Waals surface area contributed by atoms with Gasteiger partial charge in [-0.3, -0.25) is 0 Å². The fraction of sp³-hybridized carbons (Fsp3) is 0.294. The Kier molecular flexibility index (Phi) is 3.86. The number of nitrogens with one attached hydrogen (secondary N) is 1. The predicted molar refractivity (Wildman–Crippen MR) is 82.6 cm³/mol. The summed E-state index contributed by atoms with van der Waals surface area (Å²) in [4.78, 5) is 0. The summed E-state index contributed by atoms with van der Waals surface area (Å²) in [5.41, 5.74) is 2.23. The molecule has 0 aromatic heterocycles. The molecule has 0 saturated heterocycles. The van der Waals surface area contributed by atoms with Crippen molar-refractivity contribution in [3.63, 3.8) is 0 Å². The Morgan fingerprint density at radius 2 is 1.81 bits per heavy atom. The third-order valence-corrected chi connectivity index (χ3v) is 3.60. The van der Waals surface area contributed by atoms with Gasteiger partial charge in [0, 0.05) is 30.3 Å². The molecular weight excluding hydrogens is 266 g/mol. The second-order valence-electron chi connectivity index (χ2n) is 5.03. The number of hydrogen-bond donors (Lipinski definition) is 1. The van der Waals surface area contributed by atoms with Crippen molar-refractivity contribution in [2.24, 2.45) is 0 Å². The highest BCUT2D eigenvalue weighted by atomic mass is 16.5. The lowest BCUT2D eigenvalue weighted by Crippen LogP contribution is -2.23. The molecule has 0 fully saturated rings. The van der Waals surface area contributed by atoms with Crippen molar-refractivity contribution in [1.82, 2.24) is 0 Å². The molecule has 0 aliphatic carbocycles. The largest absolute Gasteiger partial charge is 0.497 e. The SMILES string of the molecule is COc1cc(NCC2Cc3ccccc3O2)cc(OC)c1.